The van der Waals surface area contributed by atoms with Crippen LogP contribution in [-0.4, -0.2) is 11.3 Å². The normalized spacial score (nSPS) is 13.1. The number of benzene rings is 15. The van der Waals surface area contributed by atoms with Crippen molar-refractivity contribution in [1.82, 2.24) is 4.57 Å². The summed E-state index contributed by atoms with van der Waals surface area (Å²) in [6.45, 7) is 21.1. The van der Waals surface area contributed by atoms with E-state index in [0.29, 0.717) is 0 Å². The summed E-state index contributed by atoms with van der Waals surface area (Å²) in [5, 5.41) is 10.2. The number of hydrogen-bond donors (Lipinski definition) is 0. The monoisotopic (exact) mass is 1260 g/mol. The molecule has 2 aliphatic rings. The van der Waals surface area contributed by atoms with Crippen LogP contribution in [0.2, 0.25) is 0 Å². The second kappa shape index (κ2) is 22.2. The van der Waals surface area contributed by atoms with Gasteiger partial charge >= 0.3 is 0 Å². The molecule has 0 saturated heterocycles. The zero-order valence-corrected chi connectivity index (χ0v) is 57.2. The fourth-order valence-corrected chi connectivity index (χ4v) is 16.4. The Labute approximate surface area is 576 Å². The fraction of sp³-hybridized carbons (Fsp3) is 0.128. The summed E-state index contributed by atoms with van der Waals surface area (Å²) in [5.41, 5.74) is 29.1. The van der Waals surface area contributed by atoms with Crippen LogP contribution in [0.1, 0.15) is 79.0 Å². The van der Waals surface area contributed by atoms with E-state index in [2.05, 4.69) is 374 Å². The number of aromatic nitrogens is 1. The lowest BCUT2D eigenvalue weighted by atomic mass is 9.33. The Balaban J connectivity index is 1.03. The van der Waals surface area contributed by atoms with E-state index >= 15 is 0 Å². The molecular formula is C94H76BN3. The SMILES string of the molecule is CC(C)(C)c1cc(-c2ccccc2)c(N2c3ccc(-c4ccc5ccc6cccc7ccc4c5c67)cc3B3c4ccc(-n5c6ccccc6c6ccccc65)cc4N(c4c(-c5ccccc5)cc(C(C)(C)C)cc4-c4ccccc4)c4cc(C(C)(C)C)cc2c43)c(-c2ccccc2)c1. The molecule has 0 fully saturated rings. The van der Waals surface area contributed by atoms with Crippen LogP contribution in [0.25, 0.3) is 115 Å². The minimum Gasteiger partial charge on any atom is -0.310 e. The molecule has 0 radical (unpaired) electrons. The molecule has 470 valence electrons. The lowest BCUT2D eigenvalue weighted by Gasteiger charge is -2.47. The van der Waals surface area contributed by atoms with E-state index < -0.39 is 0 Å². The van der Waals surface area contributed by atoms with Crippen molar-refractivity contribution in [1.29, 1.82) is 0 Å². The first-order chi connectivity index (χ1) is 47.5. The Hall–Kier alpha value is -11.2. The van der Waals surface area contributed by atoms with Crippen molar-refractivity contribution < 1.29 is 0 Å². The lowest BCUT2D eigenvalue weighted by Crippen LogP contribution is -2.61. The molecule has 4 heteroatoms. The van der Waals surface area contributed by atoms with Crippen molar-refractivity contribution in [2.45, 2.75) is 78.6 Å². The van der Waals surface area contributed by atoms with Crippen LogP contribution in [0.5, 0.6) is 0 Å². The van der Waals surface area contributed by atoms with Gasteiger partial charge in [-0.2, -0.15) is 0 Å². The summed E-state index contributed by atoms with van der Waals surface area (Å²) in [6.07, 6.45) is 0. The number of nitrogens with zero attached hydrogens (tertiary/aromatic N) is 3. The van der Waals surface area contributed by atoms with E-state index in [-0.39, 0.29) is 23.0 Å². The number of fused-ring (bicyclic) bond motifs is 7. The maximum atomic E-state index is 2.74. The van der Waals surface area contributed by atoms with E-state index in [9.17, 15) is 0 Å². The molecule has 1 aromatic heterocycles. The van der Waals surface area contributed by atoms with Gasteiger partial charge in [0.15, 0.2) is 0 Å². The quantitative estimate of drug-likeness (QED) is 0.111. The lowest BCUT2D eigenvalue weighted by molar-refractivity contribution is 0.590. The van der Waals surface area contributed by atoms with Crippen molar-refractivity contribution in [2.24, 2.45) is 0 Å². The second-order valence-corrected chi connectivity index (χ2v) is 30.4. The molecule has 0 aliphatic carbocycles. The Morgan fingerprint density at radius 1 is 0.265 bits per heavy atom. The smallest absolute Gasteiger partial charge is 0.252 e. The van der Waals surface area contributed by atoms with E-state index in [1.165, 1.54) is 143 Å². The van der Waals surface area contributed by atoms with Crippen molar-refractivity contribution in [3.63, 3.8) is 0 Å². The van der Waals surface area contributed by atoms with Gasteiger partial charge in [0.05, 0.1) is 22.4 Å². The van der Waals surface area contributed by atoms with E-state index in [4.69, 9.17) is 0 Å². The molecule has 15 aromatic carbocycles. The van der Waals surface area contributed by atoms with Gasteiger partial charge in [0.1, 0.15) is 0 Å². The predicted molar refractivity (Wildman–Crippen MR) is 422 cm³/mol. The number of anilines is 6. The third-order valence-electron chi connectivity index (χ3n) is 21.3. The first-order valence-electron chi connectivity index (χ1n) is 34.8. The average Bonchev–Trinajstić information content (AvgIpc) is 0.767. The van der Waals surface area contributed by atoms with Crippen LogP contribution in [0.4, 0.5) is 34.1 Å². The molecule has 18 rings (SSSR count). The van der Waals surface area contributed by atoms with Crippen molar-refractivity contribution in [3.8, 4) is 61.3 Å². The molecule has 0 atom stereocenters. The highest BCUT2D eigenvalue weighted by molar-refractivity contribution is 7.00. The van der Waals surface area contributed by atoms with Crippen LogP contribution >= 0.6 is 0 Å². The molecular weight excluding hydrogens is 1180 g/mol. The largest absolute Gasteiger partial charge is 0.310 e. The first kappa shape index (κ1) is 59.3. The molecule has 2 aliphatic heterocycles. The minimum atomic E-state index is -0.302. The Morgan fingerprint density at radius 2 is 0.684 bits per heavy atom. The number of rotatable bonds is 8. The number of para-hydroxylation sites is 2. The van der Waals surface area contributed by atoms with Gasteiger partial charge in [0, 0.05) is 61.5 Å². The molecule has 16 aromatic rings. The molecule has 0 unspecified atom stereocenters. The zero-order chi connectivity index (χ0) is 66.5. The summed E-state index contributed by atoms with van der Waals surface area (Å²) < 4.78 is 2.51. The third kappa shape index (κ3) is 9.39. The van der Waals surface area contributed by atoms with Crippen LogP contribution < -0.4 is 26.2 Å². The molecule has 0 spiro atoms. The van der Waals surface area contributed by atoms with E-state index in [1.807, 2.05) is 0 Å². The standard InChI is InChI=1S/C94H76BN3/c1-92(2,3)67-52-75(59-27-14-10-15-28-59)90(76(53-67)60-29-16-11-17-30-60)97-83-50-45-66(71-47-43-65-42-41-63-35-26-36-64-44-48-74(71)88(65)87(63)64)51-80(83)95-79-49-46-70(96-81-39-24-22-37-72(81)73-38-23-25-40-82(73)96)58-84(79)98(86-57-69(94(7,8)9)56-85(97)89(86)95)91-77(61-31-18-12-19-32-61)54-68(93(4,5)6)55-78(91)62-33-20-13-21-34-62/h10-58H,1-9H3. The van der Waals surface area contributed by atoms with Crippen LogP contribution in [0, 0.1) is 0 Å². The Kier molecular flexibility index (Phi) is 13.4. The number of hydrogen-bond acceptors (Lipinski definition) is 2. The van der Waals surface area contributed by atoms with Crippen molar-refractivity contribution in [2.75, 3.05) is 9.80 Å². The summed E-state index contributed by atoms with van der Waals surface area (Å²) in [6, 6.07) is 114. The van der Waals surface area contributed by atoms with E-state index in [1.54, 1.807) is 0 Å². The Bertz CT molecular complexity index is 5670. The molecule has 3 heterocycles. The van der Waals surface area contributed by atoms with Gasteiger partial charge in [0.25, 0.3) is 6.71 Å². The van der Waals surface area contributed by atoms with E-state index in [0.717, 1.165) is 39.6 Å². The van der Waals surface area contributed by atoms with Gasteiger partial charge in [-0.3, -0.25) is 0 Å². The van der Waals surface area contributed by atoms with Gasteiger partial charge in [-0.1, -0.05) is 293 Å². The Morgan fingerprint density at radius 3 is 1.16 bits per heavy atom. The van der Waals surface area contributed by atoms with Gasteiger partial charge in [-0.15, -0.1) is 0 Å². The topological polar surface area (TPSA) is 11.4 Å². The molecule has 98 heavy (non-hydrogen) atoms. The van der Waals surface area contributed by atoms with Crippen molar-refractivity contribution in [3.05, 3.63) is 314 Å². The summed E-state index contributed by atoms with van der Waals surface area (Å²) >= 11 is 0. The molecule has 0 amide bonds. The van der Waals surface area contributed by atoms with Crippen LogP contribution in [0.15, 0.2) is 297 Å². The van der Waals surface area contributed by atoms with Crippen molar-refractivity contribution >= 4 is 111 Å². The molecule has 0 N–H and O–H groups in total. The second-order valence-electron chi connectivity index (χ2n) is 30.4. The third-order valence-corrected chi connectivity index (χ3v) is 21.3. The van der Waals surface area contributed by atoms with Crippen LogP contribution in [0.3, 0.4) is 0 Å². The maximum Gasteiger partial charge on any atom is 0.252 e. The maximum absolute atomic E-state index is 2.74. The highest BCUT2D eigenvalue weighted by atomic mass is 15.2. The van der Waals surface area contributed by atoms with Crippen LogP contribution in [-0.2, 0) is 16.2 Å². The van der Waals surface area contributed by atoms with Gasteiger partial charge in [-0.25, -0.2) is 0 Å². The summed E-state index contributed by atoms with van der Waals surface area (Å²) in [4.78, 5) is 5.46. The molecule has 0 bridgehead atoms. The highest BCUT2D eigenvalue weighted by Crippen LogP contribution is 2.56. The predicted octanol–water partition coefficient (Wildman–Crippen LogP) is 24.0. The average molecular weight is 1260 g/mol. The van der Waals surface area contributed by atoms with Gasteiger partial charge in [0.2, 0.25) is 0 Å². The highest BCUT2D eigenvalue weighted by Gasteiger charge is 2.47. The molecule has 3 nitrogen and oxygen atoms in total. The van der Waals surface area contributed by atoms with Gasteiger partial charge < -0.3 is 14.4 Å². The summed E-state index contributed by atoms with van der Waals surface area (Å²) in [7, 11) is 0. The minimum absolute atomic E-state index is 0.171. The first-order valence-corrected chi connectivity index (χ1v) is 34.8. The van der Waals surface area contributed by atoms with Gasteiger partial charge in [-0.05, 0) is 182 Å². The molecule has 0 saturated carbocycles. The summed E-state index contributed by atoms with van der Waals surface area (Å²) in [5.74, 6) is 0. The zero-order valence-electron chi connectivity index (χ0n) is 57.2. The fourth-order valence-electron chi connectivity index (χ4n) is 16.4.